The lowest BCUT2D eigenvalue weighted by molar-refractivity contribution is -0.121. The summed E-state index contributed by atoms with van der Waals surface area (Å²) in [4.78, 5) is 12.6. The molecule has 7 nitrogen and oxygen atoms in total. The number of ether oxygens (including phenoxy) is 2. The molecule has 1 N–H and O–H groups in total. The first kappa shape index (κ1) is 23.1. The van der Waals surface area contributed by atoms with E-state index in [-0.39, 0.29) is 23.3 Å². The zero-order valence-electron chi connectivity index (χ0n) is 18.0. The molecule has 0 aromatic heterocycles. The van der Waals surface area contributed by atoms with Gasteiger partial charge in [0, 0.05) is 19.1 Å². The van der Waals surface area contributed by atoms with Crippen LogP contribution in [-0.4, -0.2) is 51.0 Å². The molecule has 1 heterocycles. The van der Waals surface area contributed by atoms with E-state index in [2.05, 4.69) is 5.32 Å². The van der Waals surface area contributed by atoms with Gasteiger partial charge in [-0.15, -0.1) is 0 Å². The largest absolute Gasteiger partial charge is 0.494 e. The number of carbonyl (C=O) groups excluding carboxylic acids is 1. The highest BCUT2D eigenvalue weighted by molar-refractivity contribution is 7.89. The Morgan fingerprint density at radius 3 is 1.97 bits per heavy atom. The molecular formula is C23H30N2O5S. The van der Waals surface area contributed by atoms with Crippen LogP contribution in [0.25, 0.3) is 0 Å². The minimum Gasteiger partial charge on any atom is -0.494 e. The average Bonchev–Trinajstić information content (AvgIpc) is 2.76. The lowest BCUT2D eigenvalue weighted by atomic mass is 10.1. The fraction of sp³-hybridized carbons (Fsp3) is 0.435. The smallest absolute Gasteiger partial charge is 0.243 e. The van der Waals surface area contributed by atoms with Crippen molar-refractivity contribution in [1.82, 2.24) is 9.62 Å². The molecule has 31 heavy (non-hydrogen) atoms. The minimum absolute atomic E-state index is 0.0259. The number of amides is 1. The number of benzene rings is 2. The van der Waals surface area contributed by atoms with E-state index in [0.29, 0.717) is 44.9 Å². The summed E-state index contributed by atoms with van der Waals surface area (Å²) in [5.74, 6) is 1.38. The summed E-state index contributed by atoms with van der Waals surface area (Å²) in [5, 5.41) is 3.03. The SMILES string of the molecule is CCOc1ccc(CC(=O)NC2CCN(S(=O)(=O)c3ccc(OCC)cc3)CC2)cc1. The van der Waals surface area contributed by atoms with E-state index in [1.54, 1.807) is 24.3 Å². The van der Waals surface area contributed by atoms with Crippen molar-refractivity contribution in [2.75, 3.05) is 26.3 Å². The van der Waals surface area contributed by atoms with Crippen LogP contribution in [-0.2, 0) is 21.2 Å². The van der Waals surface area contributed by atoms with E-state index in [1.165, 1.54) is 4.31 Å². The van der Waals surface area contributed by atoms with Crippen molar-refractivity contribution in [3.05, 3.63) is 54.1 Å². The van der Waals surface area contributed by atoms with Crippen LogP contribution in [0.1, 0.15) is 32.3 Å². The van der Waals surface area contributed by atoms with Crippen LogP contribution in [0.5, 0.6) is 11.5 Å². The Morgan fingerprint density at radius 2 is 1.45 bits per heavy atom. The van der Waals surface area contributed by atoms with E-state index >= 15 is 0 Å². The van der Waals surface area contributed by atoms with Crippen LogP contribution in [0.4, 0.5) is 0 Å². The number of nitrogens with one attached hydrogen (secondary N) is 1. The number of carbonyl (C=O) groups is 1. The second-order valence-corrected chi connectivity index (χ2v) is 9.34. The Balaban J connectivity index is 1.49. The molecule has 168 valence electrons. The summed E-state index contributed by atoms with van der Waals surface area (Å²) in [7, 11) is -3.55. The summed E-state index contributed by atoms with van der Waals surface area (Å²) >= 11 is 0. The molecule has 3 rings (SSSR count). The molecule has 0 saturated carbocycles. The maximum atomic E-state index is 12.9. The number of hydrogen-bond donors (Lipinski definition) is 1. The molecule has 1 aliphatic heterocycles. The quantitative estimate of drug-likeness (QED) is 0.640. The molecule has 0 aliphatic carbocycles. The van der Waals surface area contributed by atoms with Gasteiger partial charge >= 0.3 is 0 Å². The van der Waals surface area contributed by atoms with E-state index < -0.39 is 10.0 Å². The maximum absolute atomic E-state index is 12.9. The highest BCUT2D eigenvalue weighted by Gasteiger charge is 2.30. The molecule has 1 saturated heterocycles. The third-order valence-corrected chi connectivity index (χ3v) is 7.10. The zero-order chi connectivity index (χ0) is 22.3. The van der Waals surface area contributed by atoms with Gasteiger partial charge in [-0.1, -0.05) is 12.1 Å². The molecule has 8 heteroatoms. The van der Waals surface area contributed by atoms with Crippen molar-refractivity contribution in [2.24, 2.45) is 0 Å². The minimum atomic E-state index is -3.55. The van der Waals surface area contributed by atoms with Crippen molar-refractivity contribution in [3.63, 3.8) is 0 Å². The van der Waals surface area contributed by atoms with Gasteiger partial charge in [0.05, 0.1) is 24.5 Å². The monoisotopic (exact) mass is 446 g/mol. The van der Waals surface area contributed by atoms with Crippen LogP contribution in [0.2, 0.25) is 0 Å². The second kappa shape index (κ2) is 10.6. The molecule has 0 atom stereocenters. The van der Waals surface area contributed by atoms with Gasteiger partial charge in [-0.05, 0) is 68.7 Å². The van der Waals surface area contributed by atoms with Gasteiger partial charge in [0.25, 0.3) is 0 Å². The predicted molar refractivity (Wildman–Crippen MR) is 119 cm³/mol. The molecule has 0 bridgehead atoms. The molecule has 1 fully saturated rings. The predicted octanol–water partition coefficient (Wildman–Crippen LogP) is 3.00. The summed E-state index contributed by atoms with van der Waals surface area (Å²) in [5.41, 5.74) is 0.913. The van der Waals surface area contributed by atoms with Crippen molar-refractivity contribution >= 4 is 15.9 Å². The van der Waals surface area contributed by atoms with E-state index in [9.17, 15) is 13.2 Å². The first-order valence-corrected chi connectivity index (χ1v) is 12.1. The van der Waals surface area contributed by atoms with Crippen LogP contribution in [0.3, 0.4) is 0 Å². The van der Waals surface area contributed by atoms with Gasteiger partial charge in [-0.3, -0.25) is 4.79 Å². The van der Waals surface area contributed by atoms with Crippen molar-refractivity contribution in [2.45, 2.75) is 44.0 Å². The summed E-state index contributed by atoms with van der Waals surface area (Å²) in [6.07, 6.45) is 1.47. The van der Waals surface area contributed by atoms with Gasteiger partial charge in [0.2, 0.25) is 15.9 Å². The molecule has 1 aliphatic rings. The molecule has 1 amide bonds. The van der Waals surface area contributed by atoms with Crippen molar-refractivity contribution in [1.29, 1.82) is 0 Å². The van der Waals surface area contributed by atoms with Crippen LogP contribution in [0.15, 0.2) is 53.4 Å². The Bertz CT molecular complexity index is 950. The Labute approximate surface area is 184 Å². The molecule has 2 aromatic rings. The van der Waals surface area contributed by atoms with E-state index in [1.807, 2.05) is 38.1 Å². The number of piperidine rings is 1. The second-order valence-electron chi connectivity index (χ2n) is 7.40. The van der Waals surface area contributed by atoms with Crippen molar-refractivity contribution in [3.8, 4) is 11.5 Å². The lowest BCUT2D eigenvalue weighted by Gasteiger charge is -2.31. The molecule has 0 spiro atoms. The Kier molecular flexibility index (Phi) is 7.92. The average molecular weight is 447 g/mol. The first-order valence-electron chi connectivity index (χ1n) is 10.7. The molecular weight excluding hydrogens is 416 g/mol. The van der Waals surface area contributed by atoms with E-state index in [4.69, 9.17) is 9.47 Å². The van der Waals surface area contributed by atoms with Gasteiger partial charge in [0.15, 0.2) is 0 Å². The lowest BCUT2D eigenvalue weighted by Crippen LogP contribution is -2.46. The maximum Gasteiger partial charge on any atom is 0.243 e. The Morgan fingerprint density at radius 1 is 0.935 bits per heavy atom. The molecule has 2 aromatic carbocycles. The van der Waals surface area contributed by atoms with Crippen LogP contribution < -0.4 is 14.8 Å². The van der Waals surface area contributed by atoms with Gasteiger partial charge in [-0.2, -0.15) is 4.31 Å². The summed E-state index contributed by atoms with van der Waals surface area (Å²) in [6, 6.07) is 14.0. The summed E-state index contributed by atoms with van der Waals surface area (Å²) in [6.45, 7) is 5.70. The third kappa shape index (κ3) is 6.21. The standard InChI is InChI=1S/C23H30N2O5S/c1-3-29-20-7-5-18(6-8-20)17-23(26)24-19-13-15-25(16-14-19)31(27,28)22-11-9-21(10-12-22)30-4-2/h5-12,19H,3-4,13-17H2,1-2H3,(H,24,26). The number of nitrogens with zero attached hydrogens (tertiary/aromatic N) is 1. The van der Waals surface area contributed by atoms with Crippen LogP contribution in [0, 0.1) is 0 Å². The fourth-order valence-electron chi connectivity index (χ4n) is 3.60. The van der Waals surface area contributed by atoms with Gasteiger partial charge in [-0.25, -0.2) is 8.42 Å². The van der Waals surface area contributed by atoms with Crippen LogP contribution >= 0.6 is 0 Å². The number of hydrogen-bond acceptors (Lipinski definition) is 5. The highest BCUT2D eigenvalue weighted by atomic mass is 32.2. The highest BCUT2D eigenvalue weighted by Crippen LogP contribution is 2.23. The first-order chi connectivity index (χ1) is 14.9. The molecule has 0 radical (unpaired) electrons. The topological polar surface area (TPSA) is 84.9 Å². The Hall–Kier alpha value is -2.58. The van der Waals surface area contributed by atoms with Crippen molar-refractivity contribution < 1.29 is 22.7 Å². The van der Waals surface area contributed by atoms with E-state index in [0.717, 1.165) is 11.3 Å². The zero-order valence-corrected chi connectivity index (χ0v) is 18.9. The fourth-order valence-corrected chi connectivity index (χ4v) is 5.07. The normalized spacial score (nSPS) is 15.4. The van der Waals surface area contributed by atoms with Gasteiger partial charge < -0.3 is 14.8 Å². The number of sulfonamides is 1. The third-order valence-electron chi connectivity index (χ3n) is 5.19. The summed E-state index contributed by atoms with van der Waals surface area (Å²) < 4.78 is 38.0. The van der Waals surface area contributed by atoms with Gasteiger partial charge in [0.1, 0.15) is 11.5 Å². The number of rotatable bonds is 9. The molecule has 0 unspecified atom stereocenters.